The third-order valence-electron chi connectivity index (χ3n) is 5.52. The number of aryl methyl sites for hydroxylation is 1. The van der Waals surface area contributed by atoms with Crippen molar-refractivity contribution in [2.45, 2.75) is 31.7 Å². The van der Waals surface area contributed by atoms with E-state index in [4.69, 9.17) is 16.0 Å². The molecule has 0 spiro atoms. The van der Waals surface area contributed by atoms with Crippen molar-refractivity contribution in [1.82, 2.24) is 15.2 Å². The number of halogens is 1. The summed E-state index contributed by atoms with van der Waals surface area (Å²) in [4.78, 5) is 19.2. The number of aromatic nitrogens is 1. The van der Waals surface area contributed by atoms with Gasteiger partial charge in [0.15, 0.2) is 11.7 Å². The highest BCUT2D eigenvalue weighted by atomic mass is 35.5. The molecule has 0 bridgehead atoms. The first kappa shape index (κ1) is 20.6. The number of hydrogen-bond donors (Lipinski definition) is 1. The van der Waals surface area contributed by atoms with Crippen molar-refractivity contribution >= 4 is 17.5 Å². The van der Waals surface area contributed by atoms with Gasteiger partial charge in [-0.15, -0.1) is 0 Å². The normalized spacial score (nSPS) is 15.2. The van der Waals surface area contributed by atoms with E-state index in [2.05, 4.69) is 39.5 Å². The number of likely N-dealkylation sites (tertiary alicyclic amines) is 1. The van der Waals surface area contributed by atoms with Crippen molar-refractivity contribution < 1.29 is 9.21 Å². The van der Waals surface area contributed by atoms with Crippen molar-refractivity contribution in [2.24, 2.45) is 0 Å². The Morgan fingerprint density at radius 2 is 1.83 bits per heavy atom. The average molecular weight is 424 g/mol. The molecule has 1 aromatic heterocycles. The van der Waals surface area contributed by atoms with Gasteiger partial charge < -0.3 is 9.73 Å². The smallest absolute Gasteiger partial charge is 0.220 e. The number of hydrogen-bond acceptors (Lipinski definition) is 4. The summed E-state index contributed by atoms with van der Waals surface area (Å²) in [5.74, 6) is 1.17. The molecule has 1 atom stereocenters. The largest absolute Gasteiger partial charge is 0.441 e. The van der Waals surface area contributed by atoms with E-state index in [1.54, 1.807) is 6.20 Å². The molecule has 1 N–H and O–H groups in total. The third kappa shape index (κ3) is 5.10. The summed E-state index contributed by atoms with van der Waals surface area (Å²) >= 11 is 6.21. The lowest BCUT2D eigenvalue weighted by atomic mass is 10.1. The number of benzene rings is 2. The van der Waals surface area contributed by atoms with Crippen LogP contribution in [0.2, 0.25) is 5.02 Å². The number of carbonyl (C=O) groups is 1. The zero-order chi connectivity index (χ0) is 20.8. The molecule has 1 fully saturated rings. The summed E-state index contributed by atoms with van der Waals surface area (Å²) < 4.78 is 5.79. The monoisotopic (exact) mass is 423 g/mol. The van der Waals surface area contributed by atoms with E-state index in [0.717, 1.165) is 18.7 Å². The number of nitrogens with one attached hydrogen (secondary N) is 1. The number of rotatable bonds is 8. The van der Waals surface area contributed by atoms with Crippen LogP contribution in [-0.4, -0.2) is 35.4 Å². The minimum Gasteiger partial charge on any atom is -0.441 e. The lowest BCUT2D eigenvalue weighted by Gasteiger charge is -2.28. The summed E-state index contributed by atoms with van der Waals surface area (Å²) in [6.45, 7) is 2.77. The van der Waals surface area contributed by atoms with Gasteiger partial charge in [0, 0.05) is 24.9 Å². The van der Waals surface area contributed by atoms with E-state index in [1.807, 2.05) is 30.3 Å². The Balaban J connectivity index is 1.32. The van der Waals surface area contributed by atoms with Crippen molar-refractivity contribution in [2.75, 3.05) is 19.6 Å². The minimum absolute atomic E-state index is 0.00706. The first-order chi connectivity index (χ1) is 14.7. The van der Waals surface area contributed by atoms with Gasteiger partial charge in [-0.05, 0) is 43.6 Å². The summed E-state index contributed by atoms with van der Waals surface area (Å²) in [5.41, 5.74) is 2.05. The topological polar surface area (TPSA) is 58.4 Å². The molecule has 0 aliphatic carbocycles. The lowest BCUT2D eigenvalue weighted by molar-refractivity contribution is -0.121. The van der Waals surface area contributed by atoms with Crippen molar-refractivity contribution in [3.05, 3.63) is 77.3 Å². The van der Waals surface area contributed by atoms with Gasteiger partial charge in [0.25, 0.3) is 0 Å². The van der Waals surface area contributed by atoms with Gasteiger partial charge in [0.2, 0.25) is 5.91 Å². The molecule has 5 nitrogen and oxygen atoms in total. The van der Waals surface area contributed by atoms with E-state index >= 15 is 0 Å². The highest BCUT2D eigenvalue weighted by Crippen LogP contribution is 2.28. The van der Waals surface area contributed by atoms with E-state index < -0.39 is 0 Å². The van der Waals surface area contributed by atoms with Crippen LogP contribution in [0.4, 0.5) is 0 Å². The molecule has 1 aliphatic heterocycles. The fraction of sp³-hybridized carbons (Fsp3) is 0.333. The van der Waals surface area contributed by atoms with E-state index in [1.165, 1.54) is 18.4 Å². The zero-order valence-corrected chi connectivity index (χ0v) is 17.6. The van der Waals surface area contributed by atoms with Crippen LogP contribution in [-0.2, 0) is 11.2 Å². The van der Waals surface area contributed by atoms with Crippen LogP contribution in [0.25, 0.3) is 11.3 Å². The molecule has 0 radical (unpaired) electrons. The fourth-order valence-corrected chi connectivity index (χ4v) is 4.15. The predicted molar refractivity (Wildman–Crippen MR) is 118 cm³/mol. The summed E-state index contributed by atoms with van der Waals surface area (Å²) in [6.07, 6.45) is 4.89. The SMILES string of the molecule is O=C(CCc1ncc(-c2ccccc2Cl)o1)NC[C@H](c1ccccc1)N1CCCC1. The number of carbonyl (C=O) groups excluding carboxylic acids is 1. The summed E-state index contributed by atoms with van der Waals surface area (Å²) in [7, 11) is 0. The second kappa shape index (κ2) is 9.92. The van der Waals surface area contributed by atoms with Gasteiger partial charge in [0.05, 0.1) is 17.3 Å². The maximum Gasteiger partial charge on any atom is 0.220 e. The molecule has 1 amide bonds. The van der Waals surface area contributed by atoms with E-state index in [9.17, 15) is 4.79 Å². The number of nitrogens with zero attached hydrogens (tertiary/aromatic N) is 2. The van der Waals surface area contributed by atoms with Gasteiger partial charge in [0.1, 0.15) is 0 Å². The molecular weight excluding hydrogens is 398 g/mol. The molecule has 1 saturated heterocycles. The molecule has 1 aliphatic rings. The van der Waals surface area contributed by atoms with Gasteiger partial charge >= 0.3 is 0 Å². The van der Waals surface area contributed by atoms with Gasteiger partial charge in [-0.2, -0.15) is 0 Å². The highest BCUT2D eigenvalue weighted by molar-refractivity contribution is 6.33. The van der Waals surface area contributed by atoms with Crippen LogP contribution in [0.5, 0.6) is 0 Å². The molecular formula is C24H26ClN3O2. The van der Waals surface area contributed by atoms with Crippen molar-refractivity contribution in [1.29, 1.82) is 0 Å². The van der Waals surface area contributed by atoms with E-state index in [0.29, 0.717) is 36.1 Å². The van der Waals surface area contributed by atoms with Gasteiger partial charge in [-0.3, -0.25) is 9.69 Å². The molecule has 4 rings (SSSR count). The Morgan fingerprint density at radius 3 is 2.60 bits per heavy atom. The van der Waals surface area contributed by atoms with Crippen molar-refractivity contribution in [3.8, 4) is 11.3 Å². The lowest BCUT2D eigenvalue weighted by Crippen LogP contribution is -2.36. The Bertz CT molecular complexity index is 967. The molecule has 2 heterocycles. The Kier molecular flexibility index (Phi) is 6.82. The third-order valence-corrected chi connectivity index (χ3v) is 5.85. The van der Waals surface area contributed by atoms with Crippen LogP contribution in [0.1, 0.15) is 36.8 Å². The second-order valence-corrected chi connectivity index (χ2v) is 7.98. The maximum atomic E-state index is 12.5. The minimum atomic E-state index is 0.00706. The Hall–Kier alpha value is -2.63. The molecule has 30 heavy (non-hydrogen) atoms. The standard InChI is InChI=1S/C24H26ClN3O2/c25-20-11-5-4-10-19(20)22-17-27-24(30-22)13-12-23(29)26-16-21(28-14-6-7-15-28)18-8-2-1-3-9-18/h1-5,8-11,17,21H,6-7,12-16H2,(H,26,29)/t21-/m1/s1. The van der Waals surface area contributed by atoms with Gasteiger partial charge in [-0.1, -0.05) is 54.1 Å². The van der Waals surface area contributed by atoms with Crippen LogP contribution < -0.4 is 5.32 Å². The number of amides is 1. The van der Waals surface area contributed by atoms with Crippen LogP contribution in [0.15, 0.2) is 65.2 Å². The van der Waals surface area contributed by atoms with E-state index in [-0.39, 0.29) is 11.9 Å². The molecule has 0 unspecified atom stereocenters. The van der Waals surface area contributed by atoms with Crippen LogP contribution in [0.3, 0.4) is 0 Å². The maximum absolute atomic E-state index is 12.5. The molecule has 6 heteroatoms. The number of oxazole rings is 1. The first-order valence-electron chi connectivity index (χ1n) is 10.5. The zero-order valence-electron chi connectivity index (χ0n) is 16.9. The first-order valence-corrected chi connectivity index (χ1v) is 10.8. The van der Waals surface area contributed by atoms with Crippen LogP contribution >= 0.6 is 11.6 Å². The van der Waals surface area contributed by atoms with Gasteiger partial charge in [-0.25, -0.2) is 4.98 Å². The summed E-state index contributed by atoms with van der Waals surface area (Å²) in [5, 5.41) is 3.72. The summed E-state index contributed by atoms with van der Waals surface area (Å²) in [6, 6.07) is 18.1. The Labute approximate surface area is 182 Å². The predicted octanol–water partition coefficient (Wildman–Crippen LogP) is 4.88. The van der Waals surface area contributed by atoms with Crippen molar-refractivity contribution in [3.63, 3.8) is 0 Å². The average Bonchev–Trinajstić information content (AvgIpc) is 3.46. The van der Waals surface area contributed by atoms with Crippen LogP contribution in [0, 0.1) is 0 Å². The quantitative estimate of drug-likeness (QED) is 0.561. The molecule has 0 saturated carbocycles. The molecule has 2 aromatic carbocycles. The second-order valence-electron chi connectivity index (χ2n) is 7.57. The Morgan fingerprint density at radius 1 is 1.10 bits per heavy atom. The highest BCUT2D eigenvalue weighted by Gasteiger charge is 2.23. The fourth-order valence-electron chi connectivity index (χ4n) is 3.92. The molecule has 3 aromatic rings. The molecule has 156 valence electrons.